The maximum atomic E-state index is 11.8. The molecular weight excluding hydrogens is 496 g/mol. The molecule has 9 heteroatoms. The Balaban J connectivity index is 1.55. The van der Waals surface area contributed by atoms with Gasteiger partial charge in [0, 0.05) is 44.7 Å². The summed E-state index contributed by atoms with van der Waals surface area (Å²) < 4.78 is 10.8. The van der Waals surface area contributed by atoms with Crippen LogP contribution in [0.15, 0.2) is 54.6 Å². The van der Waals surface area contributed by atoms with E-state index in [0.29, 0.717) is 26.0 Å². The zero-order valence-corrected chi connectivity index (χ0v) is 23.2. The Hall–Kier alpha value is -3.26. The topological polar surface area (TPSA) is 97.6 Å². The van der Waals surface area contributed by atoms with Crippen LogP contribution in [0.1, 0.15) is 49.9 Å². The summed E-state index contributed by atoms with van der Waals surface area (Å²) in [6.07, 6.45) is 0.987. The average molecular weight is 537 g/mol. The number of carbonyl (C=O) groups is 2. The Kier molecular flexibility index (Phi) is 11.9. The zero-order chi connectivity index (χ0) is 28.1. The molecule has 0 saturated carbocycles. The molecule has 9 nitrogen and oxygen atoms in total. The lowest BCUT2D eigenvalue weighted by atomic mass is 9.95. The molecule has 0 aromatic heterocycles. The third-order valence-electron chi connectivity index (χ3n) is 6.25. The van der Waals surface area contributed by atoms with E-state index in [1.807, 2.05) is 39.0 Å². The quantitative estimate of drug-likeness (QED) is 0.145. The van der Waals surface area contributed by atoms with Gasteiger partial charge in [0.05, 0.1) is 19.2 Å². The molecule has 0 aliphatic carbocycles. The molecule has 39 heavy (non-hydrogen) atoms. The number of hydrogen-bond donors (Lipinski definition) is 1. The van der Waals surface area contributed by atoms with E-state index in [1.54, 1.807) is 0 Å². The summed E-state index contributed by atoms with van der Waals surface area (Å²) in [5.74, 6) is 10.9. The molecule has 1 fully saturated rings. The van der Waals surface area contributed by atoms with Gasteiger partial charge in [-0.05, 0) is 44.0 Å². The minimum Gasteiger partial charge on any atom is -0.458 e. The van der Waals surface area contributed by atoms with Crippen molar-refractivity contribution in [2.45, 2.75) is 38.8 Å². The van der Waals surface area contributed by atoms with E-state index in [9.17, 15) is 9.59 Å². The first-order valence-electron chi connectivity index (χ1n) is 13.3. The number of rotatable bonds is 12. The van der Waals surface area contributed by atoms with Crippen LogP contribution in [0.5, 0.6) is 0 Å². The summed E-state index contributed by atoms with van der Waals surface area (Å²) in [5.41, 5.74) is 2.87. The summed E-state index contributed by atoms with van der Waals surface area (Å²) >= 11 is 0. The van der Waals surface area contributed by atoms with Crippen molar-refractivity contribution in [3.8, 4) is 11.8 Å². The van der Waals surface area contributed by atoms with E-state index < -0.39 is 5.60 Å². The number of carbonyl (C=O) groups excluding carboxylic acids is 2. The second-order valence-corrected chi connectivity index (χ2v) is 10.4. The molecule has 1 saturated heterocycles. The van der Waals surface area contributed by atoms with Crippen LogP contribution in [0, 0.1) is 11.8 Å². The first kappa shape index (κ1) is 30.3. The summed E-state index contributed by atoms with van der Waals surface area (Å²) in [4.78, 5) is 31.9. The Morgan fingerprint density at radius 2 is 1.72 bits per heavy atom. The van der Waals surface area contributed by atoms with Gasteiger partial charge in [0.2, 0.25) is 6.41 Å². The van der Waals surface area contributed by atoms with Gasteiger partial charge in [0.25, 0.3) is 0 Å². The normalized spacial score (nSPS) is 15.2. The van der Waals surface area contributed by atoms with Crippen molar-refractivity contribution in [1.29, 1.82) is 0 Å². The van der Waals surface area contributed by atoms with Crippen molar-refractivity contribution in [2.75, 3.05) is 52.5 Å². The SMILES string of the molecule is CC(C)(C)OC(=O)COCCN1CCN(C(c2ccccc2)c2ccc(C#CCCN(C=O)ON)cc2)CC1. The van der Waals surface area contributed by atoms with E-state index >= 15 is 0 Å². The summed E-state index contributed by atoms with van der Waals surface area (Å²) in [7, 11) is 0. The highest BCUT2D eigenvalue weighted by atomic mass is 16.8. The van der Waals surface area contributed by atoms with Crippen molar-refractivity contribution < 1.29 is 24.0 Å². The van der Waals surface area contributed by atoms with Crippen LogP contribution in [0.4, 0.5) is 0 Å². The number of piperazine rings is 1. The Morgan fingerprint density at radius 1 is 1.05 bits per heavy atom. The zero-order valence-electron chi connectivity index (χ0n) is 23.2. The highest BCUT2D eigenvalue weighted by Crippen LogP contribution is 2.29. The van der Waals surface area contributed by atoms with Gasteiger partial charge in [-0.2, -0.15) is 10.8 Å². The molecule has 210 valence electrons. The number of hydroxylamine groups is 2. The van der Waals surface area contributed by atoms with Crippen LogP contribution in [0.3, 0.4) is 0 Å². The molecule has 2 N–H and O–H groups in total. The third kappa shape index (κ3) is 10.4. The van der Waals surface area contributed by atoms with E-state index in [1.165, 1.54) is 11.1 Å². The summed E-state index contributed by atoms with van der Waals surface area (Å²) in [6, 6.07) is 19.0. The van der Waals surface area contributed by atoms with Crippen LogP contribution in [-0.2, 0) is 24.0 Å². The maximum absolute atomic E-state index is 11.8. The molecule has 1 unspecified atom stereocenters. The van der Waals surface area contributed by atoms with E-state index in [2.05, 4.69) is 63.0 Å². The predicted molar refractivity (Wildman–Crippen MR) is 149 cm³/mol. The van der Waals surface area contributed by atoms with Crippen LogP contribution in [0.2, 0.25) is 0 Å². The molecule has 1 aliphatic rings. The number of ether oxygens (including phenoxy) is 2. The second kappa shape index (κ2) is 15.4. The van der Waals surface area contributed by atoms with Crippen LogP contribution in [-0.4, -0.2) is 85.3 Å². The highest BCUT2D eigenvalue weighted by Gasteiger charge is 2.26. The summed E-state index contributed by atoms with van der Waals surface area (Å²) in [5, 5.41) is 0.999. The Morgan fingerprint density at radius 3 is 2.33 bits per heavy atom. The molecule has 1 atom stereocenters. The minimum absolute atomic E-state index is 0.0208. The van der Waals surface area contributed by atoms with Gasteiger partial charge in [-0.1, -0.05) is 54.3 Å². The fourth-order valence-corrected chi connectivity index (χ4v) is 4.42. The monoisotopic (exact) mass is 536 g/mol. The fourth-order valence-electron chi connectivity index (χ4n) is 4.42. The number of benzene rings is 2. The van der Waals surface area contributed by atoms with Crippen molar-refractivity contribution in [1.82, 2.24) is 14.9 Å². The lowest BCUT2D eigenvalue weighted by molar-refractivity contribution is -0.173. The van der Waals surface area contributed by atoms with E-state index in [4.69, 9.17) is 15.4 Å². The number of esters is 1. The van der Waals surface area contributed by atoms with Crippen molar-refractivity contribution in [3.05, 3.63) is 71.3 Å². The first-order valence-corrected chi connectivity index (χ1v) is 13.3. The van der Waals surface area contributed by atoms with E-state index in [0.717, 1.165) is 43.4 Å². The lowest BCUT2D eigenvalue weighted by Gasteiger charge is -2.39. The predicted octanol–water partition coefficient (Wildman–Crippen LogP) is 2.76. The third-order valence-corrected chi connectivity index (χ3v) is 6.25. The van der Waals surface area contributed by atoms with Crippen LogP contribution in [0.25, 0.3) is 0 Å². The lowest BCUT2D eigenvalue weighted by Crippen LogP contribution is -2.48. The standard InChI is InChI=1S/C30H40N4O5/c1-30(2,3)38-28(36)23-37-22-21-32-17-19-33(20-18-32)29(26-10-5-4-6-11-26)27-14-12-25(13-15-27)9-7-8-16-34(24-35)39-31/h4-6,10-15,24,29H,8,16-23,31H2,1-3H3. The maximum Gasteiger partial charge on any atom is 0.332 e. The van der Waals surface area contributed by atoms with Crippen molar-refractivity contribution >= 4 is 12.4 Å². The Bertz CT molecular complexity index is 1080. The van der Waals surface area contributed by atoms with Crippen molar-refractivity contribution in [3.63, 3.8) is 0 Å². The smallest absolute Gasteiger partial charge is 0.332 e. The fraction of sp³-hybridized carbons (Fsp3) is 0.467. The summed E-state index contributed by atoms with van der Waals surface area (Å²) in [6.45, 7) is 10.8. The second-order valence-electron chi connectivity index (χ2n) is 10.4. The number of nitrogens with two attached hydrogens (primary N) is 1. The van der Waals surface area contributed by atoms with Gasteiger partial charge in [-0.15, -0.1) is 0 Å². The van der Waals surface area contributed by atoms with Crippen LogP contribution < -0.4 is 5.90 Å². The molecule has 0 spiro atoms. The highest BCUT2D eigenvalue weighted by molar-refractivity contribution is 5.71. The van der Waals surface area contributed by atoms with Gasteiger partial charge >= 0.3 is 5.97 Å². The van der Waals surface area contributed by atoms with Gasteiger partial charge < -0.3 is 9.47 Å². The Labute approximate surface area is 231 Å². The molecular formula is C30H40N4O5. The molecule has 1 heterocycles. The number of hydrogen-bond acceptors (Lipinski definition) is 8. The number of amides is 1. The van der Waals surface area contributed by atoms with Crippen molar-refractivity contribution in [2.24, 2.45) is 5.90 Å². The van der Waals surface area contributed by atoms with E-state index in [-0.39, 0.29) is 18.6 Å². The van der Waals surface area contributed by atoms with Gasteiger partial charge in [0.15, 0.2) is 0 Å². The molecule has 2 aromatic rings. The van der Waals surface area contributed by atoms with Gasteiger partial charge in [-0.3, -0.25) is 14.6 Å². The van der Waals surface area contributed by atoms with Crippen LogP contribution >= 0.6 is 0 Å². The molecule has 1 amide bonds. The average Bonchev–Trinajstić information content (AvgIpc) is 2.92. The van der Waals surface area contributed by atoms with Gasteiger partial charge in [0.1, 0.15) is 12.2 Å². The van der Waals surface area contributed by atoms with Gasteiger partial charge in [-0.25, -0.2) is 9.86 Å². The molecule has 1 aliphatic heterocycles. The molecule has 2 aromatic carbocycles. The number of nitrogens with zero attached hydrogens (tertiary/aromatic N) is 3. The molecule has 3 rings (SSSR count). The molecule has 0 bridgehead atoms. The largest absolute Gasteiger partial charge is 0.458 e. The minimum atomic E-state index is -0.500. The first-order chi connectivity index (χ1) is 18.8. The molecule has 0 radical (unpaired) electrons.